The van der Waals surface area contributed by atoms with Gasteiger partial charge < -0.3 is 40.5 Å². The Balaban J connectivity index is 1.32. The number of rotatable bonds is 12. The number of anilines is 1. The van der Waals surface area contributed by atoms with E-state index in [2.05, 4.69) is 15.6 Å². The highest BCUT2D eigenvalue weighted by Crippen LogP contribution is 2.28. The lowest BCUT2D eigenvalue weighted by Crippen LogP contribution is -2.36. The molecule has 6 N–H and O–H groups in total. The summed E-state index contributed by atoms with van der Waals surface area (Å²) in [5, 5.41) is 43.7. The molecule has 2 heterocycles. The van der Waals surface area contributed by atoms with Crippen LogP contribution in [0.1, 0.15) is 42.3 Å². The van der Waals surface area contributed by atoms with Crippen LogP contribution in [-0.4, -0.2) is 85.8 Å². The predicted molar refractivity (Wildman–Crippen MR) is 130 cm³/mol. The molecule has 0 radical (unpaired) electrons. The van der Waals surface area contributed by atoms with Crippen LogP contribution in [0, 0.1) is 0 Å². The number of aliphatic hydroxyl groups is 3. The summed E-state index contributed by atoms with van der Waals surface area (Å²) < 4.78 is 11.3. The van der Waals surface area contributed by atoms with Gasteiger partial charge in [-0.25, -0.2) is 4.79 Å². The number of nitrogens with zero attached hydrogens (tertiary/aromatic N) is 2. The molecule has 0 saturated carbocycles. The van der Waals surface area contributed by atoms with E-state index in [4.69, 9.17) is 14.6 Å². The monoisotopic (exact) mass is 534 g/mol. The van der Waals surface area contributed by atoms with Crippen molar-refractivity contribution in [2.75, 3.05) is 25.1 Å². The fraction of sp³-hybridized carbons (Fsp3) is 0.458. The summed E-state index contributed by atoms with van der Waals surface area (Å²) in [7, 11) is 0. The molecule has 14 nitrogen and oxygen atoms in total. The Hall–Kier alpha value is -3.85. The maximum atomic E-state index is 12.3. The molecule has 3 rings (SSSR count). The molecule has 4 atom stereocenters. The van der Waals surface area contributed by atoms with E-state index in [1.165, 1.54) is 24.4 Å². The molecular weight excluding hydrogens is 504 g/mol. The first-order chi connectivity index (χ1) is 18.2. The molecular formula is C24H30N4O10. The van der Waals surface area contributed by atoms with Gasteiger partial charge >= 0.3 is 11.7 Å². The number of nitrogens with one attached hydrogen (secondary N) is 2. The number of phenolic OH excluding ortho intramolecular Hbond substituents is 1. The van der Waals surface area contributed by atoms with E-state index in [9.17, 15) is 34.5 Å². The van der Waals surface area contributed by atoms with Gasteiger partial charge in [-0.1, -0.05) is 12.1 Å². The number of aromatic nitrogens is 2. The zero-order valence-corrected chi connectivity index (χ0v) is 20.4. The zero-order chi connectivity index (χ0) is 27.7. The lowest BCUT2D eigenvalue weighted by molar-refractivity contribution is -0.143. The Morgan fingerprint density at radius 3 is 2.53 bits per heavy atom. The minimum Gasteiger partial charge on any atom is -0.507 e. The third-order valence-electron chi connectivity index (χ3n) is 5.69. The standard InChI is InChI=1S/C24H30N4O10/c29-13-16-20(33)21(34)23(38-16)28-11-9-17(27-24(28)36)26-18(31)7-3-8-19(32)37-12-4-10-25-22(35)14-5-1-2-6-15(14)30/h1-2,5-6,9,11,16,20-21,23,29-30,33-34H,3-4,7-8,10,12-13H2,(H,25,35)(H,26,27,31,36)/t16-,20-,21+,23-/m1/s1. The van der Waals surface area contributed by atoms with Crippen molar-refractivity contribution >= 4 is 23.6 Å². The fourth-order valence-electron chi connectivity index (χ4n) is 3.68. The number of aliphatic hydroxyl groups excluding tert-OH is 3. The van der Waals surface area contributed by atoms with Crippen molar-refractivity contribution in [2.45, 2.75) is 50.2 Å². The molecule has 0 unspecified atom stereocenters. The van der Waals surface area contributed by atoms with Crippen molar-refractivity contribution in [2.24, 2.45) is 0 Å². The Kier molecular flexibility index (Phi) is 10.3. The number of ether oxygens (including phenoxy) is 2. The molecule has 1 aromatic carbocycles. The second kappa shape index (κ2) is 13.6. The van der Waals surface area contributed by atoms with E-state index in [-0.39, 0.29) is 49.5 Å². The first kappa shape index (κ1) is 28.7. The molecule has 206 valence electrons. The number of carbonyl (C=O) groups excluding carboxylic acids is 3. The summed E-state index contributed by atoms with van der Waals surface area (Å²) in [5.41, 5.74) is -0.699. The molecule has 2 amide bonds. The van der Waals surface area contributed by atoms with E-state index in [0.29, 0.717) is 6.42 Å². The van der Waals surface area contributed by atoms with Crippen molar-refractivity contribution in [3.05, 3.63) is 52.6 Å². The molecule has 1 fully saturated rings. The van der Waals surface area contributed by atoms with Crippen LogP contribution >= 0.6 is 0 Å². The van der Waals surface area contributed by atoms with Gasteiger partial charge in [-0.2, -0.15) is 4.98 Å². The number of aromatic hydroxyl groups is 1. The largest absolute Gasteiger partial charge is 0.507 e. The normalized spacial score (nSPS) is 20.6. The number of hydrogen-bond acceptors (Lipinski definition) is 11. The first-order valence-electron chi connectivity index (χ1n) is 11.9. The smallest absolute Gasteiger partial charge is 0.351 e. The lowest BCUT2D eigenvalue weighted by atomic mass is 10.1. The summed E-state index contributed by atoms with van der Waals surface area (Å²) in [6.45, 7) is -0.234. The van der Waals surface area contributed by atoms with Crippen LogP contribution in [0.4, 0.5) is 5.82 Å². The third-order valence-corrected chi connectivity index (χ3v) is 5.69. The van der Waals surface area contributed by atoms with Gasteiger partial charge in [0.15, 0.2) is 6.23 Å². The Labute approximate surface area is 216 Å². The quantitative estimate of drug-likeness (QED) is 0.144. The first-order valence-corrected chi connectivity index (χ1v) is 11.9. The van der Waals surface area contributed by atoms with Gasteiger partial charge in [0.25, 0.3) is 5.91 Å². The van der Waals surface area contributed by atoms with E-state index in [1.807, 2.05) is 0 Å². The van der Waals surface area contributed by atoms with Crippen molar-refractivity contribution in [1.82, 2.24) is 14.9 Å². The van der Waals surface area contributed by atoms with E-state index in [1.54, 1.807) is 12.1 Å². The highest BCUT2D eigenvalue weighted by Gasteiger charge is 2.43. The number of amides is 2. The number of phenols is 1. The summed E-state index contributed by atoms with van der Waals surface area (Å²) >= 11 is 0. The van der Waals surface area contributed by atoms with Crippen LogP contribution in [0.3, 0.4) is 0 Å². The lowest BCUT2D eigenvalue weighted by Gasteiger charge is -2.17. The maximum Gasteiger partial charge on any atom is 0.351 e. The van der Waals surface area contributed by atoms with Gasteiger partial charge in [0.05, 0.1) is 18.8 Å². The molecule has 0 spiro atoms. The number of para-hydroxylation sites is 1. The second-order valence-corrected chi connectivity index (χ2v) is 8.48. The van der Waals surface area contributed by atoms with Crippen LogP contribution in [0.25, 0.3) is 0 Å². The van der Waals surface area contributed by atoms with Crippen LogP contribution in [-0.2, 0) is 19.1 Å². The van der Waals surface area contributed by atoms with Gasteiger partial charge in [0.2, 0.25) is 5.91 Å². The van der Waals surface area contributed by atoms with Gasteiger partial charge in [-0.05, 0) is 31.0 Å². The van der Waals surface area contributed by atoms with Gasteiger partial charge in [-0.3, -0.25) is 19.0 Å². The Morgan fingerprint density at radius 1 is 1.08 bits per heavy atom. The van der Waals surface area contributed by atoms with Crippen LogP contribution in [0.2, 0.25) is 0 Å². The maximum absolute atomic E-state index is 12.3. The van der Waals surface area contributed by atoms with Gasteiger partial charge in [-0.15, -0.1) is 0 Å². The van der Waals surface area contributed by atoms with Crippen LogP contribution in [0.5, 0.6) is 5.75 Å². The van der Waals surface area contributed by atoms with Crippen LogP contribution in [0.15, 0.2) is 41.3 Å². The second-order valence-electron chi connectivity index (χ2n) is 8.48. The summed E-state index contributed by atoms with van der Waals surface area (Å²) in [5.74, 6) is -1.61. The van der Waals surface area contributed by atoms with E-state index < -0.39 is 54.6 Å². The van der Waals surface area contributed by atoms with E-state index in [0.717, 1.165) is 4.57 Å². The zero-order valence-electron chi connectivity index (χ0n) is 20.4. The minimum absolute atomic E-state index is 0.0159. The molecule has 1 aliphatic rings. The van der Waals surface area contributed by atoms with Crippen molar-refractivity contribution in [3.63, 3.8) is 0 Å². The third kappa shape index (κ3) is 7.58. The average molecular weight is 535 g/mol. The molecule has 2 aromatic rings. The summed E-state index contributed by atoms with van der Waals surface area (Å²) in [4.78, 5) is 52.0. The molecule has 1 saturated heterocycles. The molecule has 0 aliphatic carbocycles. The Morgan fingerprint density at radius 2 is 1.84 bits per heavy atom. The van der Waals surface area contributed by atoms with Gasteiger partial charge in [0, 0.05) is 25.6 Å². The van der Waals surface area contributed by atoms with Crippen molar-refractivity contribution in [1.29, 1.82) is 0 Å². The van der Waals surface area contributed by atoms with Crippen molar-refractivity contribution in [3.8, 4) is 5.75 Å². The van der Waals surface area contributed by atoms with Crippen LogP contribution < -0.4 is 16.3 Å². The SMILES string of the molecule is O=C(CCCC(=O)OCCCNC(=O)c1ccccc1O)Nc1ccn([C@@H]2O[C@H](CO)[C@@H](O)[C@@H]2O)c(=O)n1. The molecule has 14 heteroatoms. The highest BCUT2D eigenvalue weighted by molar-refractivity contribution is 5.96. The Bertz CT molecular complexity index is 1190. The number of benzene rings is 1. The fourth-order valence-corrected chi connectivity index (χ4v) is 3.68. The molecule has 1 aliphatic heterocycles. The van der Waals surface area contributed by atoms with Crippen molar-refractivity contribution < 1.29 is 44.3 Å². The summed E-state index contributed by atoms with van der Waals surface area (Å²) in [6.07, 6.45) is -3.39. The number of esters is 1. The number of hydrogen-bond donors (Lipinski definition) is 6. The number of carbonyl (C=O) groups is 3. The highest BCUT2D eigenvalue weighted by atomic mass is 16.6. The molecule has 1 aromatic heterocycles. The molecule has 38 heavy (non-hydrogen) atoms. The van der Waals surface area contributed by atoms with E-state index >= 15 is 0 Å². The topological polar surface area (TPSA) is 210 Å². The van der Waals surface area contributed by atoms with Gasteiger partial charge in [0.1, 0.15) is 29.9 Å². The average Bonchev–Trinajstić information content (AvgIpc) is 3.17. The molecule has 0 bridgehead atoms. The summed E-state index contributed by atoms with van der Waals surface area (Å²) in [6, 6.07) is 7.43. The predicted octanol–water partition coefficient (Wildman–Crippen LogP) is -0.967. The minimum atomic E-state index is -1.45.